The van der Waals surface area contributed by atoms with Crippen LogP contribution in [-0.4, -0.2) is 5.91 Å². The molecule has 0 spiro atoms. The number of rotatable bonds is 5. The minimum Gasteiger partial charge on any atom is -0.349 e. The fraction of sp³-hybridized carbons (Fsp3) is 0.235. The summed E-state index contributed by atoms with van der Waals surface area (Å²) in [5.74, 6) is -0.515. The summed E-state index contributed by atoms with van der Waals surface area (Å²) in [7, 11) is 0. The highest BCUT2D eigenvalue weighted by Gasteiger charge is 2.14. The maximum Gasteiger partial charge on any atom is 0.225 e. The van der Waals surface area contributed by atoms with Crippen molar-refractivity contribution in [3.05, 3.63) is 69.9 Å². The van der Waals surface area contributed by atoms with Crippen LogP contribution in [0.1, 0.15) is 30.5 Å². The Balaban J connectivity index is 2.03. The summed E-state index contributed by atoms with van der Waals surface area (Å²) in [5.41, 5.74) is 1.46. The van der Waals surface area contributed by atoms with Crippen LogP contribution in [0.3, 0.4) is 0 Å². The highest BCUT2D eigenvalue weighted by molar-refractivity contribution is 9.10. The number of nitrogens with one attached hydrogen (secondary N) is 1. The normalized spacial score (nSPS) is 12.0. The molecule has 0 bridgehead atoms. The molecule has 2 aromatic carbocycles. The van der Waals surface area contributed by atoms with Gasteiger partial charge in [-0.1, -0.05) is 53.2 Å². The number of benzene rings is 2. The van der Waals surface area contributed by atoms with Crippen molar-refractivity contribution in [2.24, 2.45) is 0 Å². The first-order chi connectivity index (χ1) is 10.1. The van der Waals surface area contributed by atoms with Crippen molar-refractivity contribution in [3.63, 3.8) is 0 Å². The molecule has 0 saturated carbocycles. The van der Waals surface area contributed by atoms with Gasteiger partial charge in [0.25, 0.3) is 0 Å². The summed E-state index contributed by atoms with van der Waals surface area (Å²) in [6.07, 6.45) is 0.838. The average molecular weight is 350 g/mol. The molecule has 0 heterocycles. The van der Waals surface area contributed by atoms with Crippen molar-refractivity contribution in [1.29, 1.82) is 0 Å². The Morgan fingerprint density at radius 2 is 1.86 bits per heavy atom. The van der Waals surface area contributed by atoms with Gasteiger partial charge in [0.05, 0.1) is 12.5 Å². The Labute approximate surface area is 132 Å². The van der Waals surface area contributed by atoms with Gasteiger partial charge in [-0.3, -0.25) is 4.79 Å². The van der Waals surface area contributed by atoms with E-state index >= 15 is 0 Å². The van der Waals surface area contributed by atoms with Crippen LogP contribution < -0.4 is 5.32 Å². The lowest BCUT2D eigenvalue weighted by Crippen LogP contribution is -2.29. The smallest absolute Gasteiger partial charge is 0.225 e. The SMILES string of the molecule is CC[C@H](NC(=O)Cc1ccccc1F)c1ccc(Br)cc1. The molecule has 21 heavy (non-hydrogen) atoms. The van der Waals surface area contributed by atoms with E-state index in [4.69, 9.17) is 0 Å². The van der Waals surface area contributed by atoms with Crippen LogP contribution in [0.5, 0.6) is 0 Å². The molecule has 0 aliphatic rings. The molecule has 0 aliphatic heterocycles. The molecule has 0 fully saturated rings. The van der Waals surface area contributed by atoms with Gasteiger partial charge in [0.2, 0.25) is 5.91 Å². The van der Waals surface area contributed by atoms with Gasteiger partial charge in [-0.2, -0.15) is 0 Å². The minimum atomic E-state index is -0.343. The van der Waals surface area contributed by atoms with Gasteiger partial charge in [0, 0.05) is 4.47 Å². The predicted octanol–water partition coefficient (Wildman–Crippen LogP) is 4.40. The molecule has 0 aliphatic carbocycles. The number of carbonyl (C=O) groups is 1. The van der Waals surface area contributed by atoms with Gasteiger partial charge in [-0.15, -0.1) is 0 Å². The lowest BCUT2D eigenvalue weighted by atomic mass is 10.0. The molecular weight excluding hydrogens is 333 g/mol. The monoisotopic (exact) mass is 349 g/mol. The molecule has 1 amide bonds. The molecule has 0 saturated heterocycles. The second kappa shape index (κ2) is 7.36. The van der Waals surface area contributed by atoms with Gasteiger partial charge < -0.3 is 5.32 Å². The zero-order valence-electron chi connectivity index (χ0n) is 11.8. The van der Waals surface area contributed by atoms with Gasteiger partial charge in [-0.05, 0) is 35.7 Å². The molecule has 0 aromatic heterocycles. The van der Waals surface area contributed by atoms with E-state index in [2.05, 4.69) is 21.2 Å². The first kappa shape index (κ1) is 15.7. The largest absolute Gasteiger partial charge is 0.349 e. The molecule has 4 heteroatoms. The zero-order chi connectivity index (χ0) is 15.2. The van der Waals surface area contributed by atoms with Crippen molar-refractivity contribution >= 4 is 21.8 Å². The van der Waals surface area contributed by atoms with Gasteiger partial charge in [-0.25, -0.2) is 4.39 Å². The first-order valence-electron chi connectivity index (χ1n) is 6.88. The van der Waals surface area contributed by atoms with Crippen LogP contribution in [0.4, 0.5) is 4.39 Å². The zero-order valence-corrected chi connectivity index (χ0v) is 13.4. The molecule has 2 nitrogen and oxygen atoms in total. The third-order valence-electron chi connectivity index (χ3n) is 3.32. The lowest BCUT2D eigenvalue weighted by molar-refractivity contribution is -0.121. The first-order valence-corrected chi connectivity index (χ1v) is 7.67. The number of halogens is 2. The van der Waals surface area contributed by atoms with E-state index in [0.29, 0.717) is 5.56 Å². The Morgan fingerprint density at radius 1 is 1.19 bits per heavy atom. The van der Waals surface area contributed by atoms with Gasteiger partial charge in [0.1, 0.15) is 5.82 Å². The van der Waals surface area contributed by atoms with E-state index in [0.717, 1.165) is 16.5 Å². The topological polar surface area (TPSA) is 29.1 Å². The second-order valence-electron chi connectivity index (χ2n) is 4.85. The summed E-state index contributed by atoms with van der Waals surface area (Å²) in [6.45, 7) is 2.01. The molecule has 0 unspecified atom stereocenters. The molecule has 1 atom stereocenters. The number of amides is 1. The third-order valence-corrected chi connectivity index (χ3v) is 3.85. The van der Waals surface area contributed by atoms with E-state index in [1.165, 1.54) is 6.07 Å². The molecule has 0 radical (unpaired) electrons. The summed E-state index contributed by atoms with van der Waals surface area (Å²) in [5, 5.41) is 2.96. The Kier molecular flexibility index (Phi) is 5.51. The quantitative estimate of drug-likeness (QED) is 0.851. The Hall–Kier alpha value is -1.68. The van der Waals surface area contributed by atoms with E-state index in [1.54, 1.807) is 18.2 Å². The van der Waals surface area contributed by atoms with Gasteiger partial charge >= 0.3 is 0 Å². The summed E-state index contributed by atoms with van der Waals surface area (Å²) < 4.78 is 14.6. The van der Waals surface area contributed by atoms with Crippen LogP contribution in [0.2, 0.25) is 0 Å². The van der Waals surface area contributed by atoms with Crippen molar-refractivity contribution in [1.82, 2.24) is 5.32 Å². The van der Waals surface area contributed by atoms with Crippen LogP contribution in [0, 0.1) is 5.82 Å². The van der Waals surface area contributed by atoms with Crippen LogP contribution in [-0.2, 0) is 11.2 Å². The second-order valence-corrected chi connectivity index (χ2v) is 5.76. The minimum absolute atomic E-state index is 0.0553. The van der Waals surface area contributed by atoms with Crippen molar-refractivity contribution in [3.8, 4) is 0 Å². The average Bonchev–Trinajstić information content (AvgIpc) is 2.48. The van der Waals surface area contributed by atoms with Crippen molar-refractivity contribution < 1.29 is 9.18 Å². The maximum atomic E-state index is 13.6. The highest BCUT2D eigenvalue weighted by atomic mass is 79.9. The Morgan fingerprint density at radius 3 is 2.48 bits per heavy atom. The van der Waals surface area contributed by atoms with E-state index in [-0.39, 0.29) is 24.2 Å². The highest BCUT2D eigenvalue weighted by Crippen LogP contribution is 2.19. The van der Waals surface area contributed by atoms with E-state index in [1.807, 2.05) is 31.2 Å². The van der Waals surface area contributed by atoms with Crippen LogP contribution in [0.25, 0.3) is 0 Å². The maximum absolute atomic E-state index is 13.6. The number of carbonyl (C=O) groups excluding carboxylic acids is 1. The molecule has 2 rings (SSSR count). The molecule has 110 valence electrons. The van der Waals surface area contributed by atoms with Crippen LogP contribution in [0.15, 0.2) is 53.0 Å². The predicted molar refractivity (Wildman–Crippen MR) is 85.4 cm³/mol. The summed E-state index contributed by atoms with van der Waals surface area (Å²) >= 11 is 3.39. The van der Waals surface area contributed by atoms with Crippen molar-refractivity contribution in [2.45, 2.75) is 25.8 Å². The number of hydrogen-bond donors (Lipinski definition) is 1. The number of hydrogen-bond acceptors (Lipinski definition) is 1. The molecule has 1 N–H and O–H groups in total. The molecule has 2 aromatic rings. The summed E-state index contributed by atoms with van der Waals surface area (Å²) in [6, 6.07) is 14.1. The fourth-order valence-corrected chi connectivity index (χ4v) is 2.44. The van der Waals surface area contributed by atoms with E-state index in [9.17, 15) is 9.18 Å². The van der Waals surface area contributed by atoms with Crippen molar-refractivity contribution in [2.75, 3.05) is 0 Å². The molecular formula is C17H17BrFNO. The summed E-state index contributed by atoms with van der Waals surface area (Å²) in [4.78, 5) is 12.1. The third kappa shape index (κ3) is 4.39. The van der Waals surface area contributed by atoms with E-state index < -0.39 is 0 Å². The van der Waals surface area contributed by atoms with Crippen LogP contribution >= 0.6 is 15.9 Å². The fourth-order valence-electron chi connectivity index (χ4n) is 2.18. The lowest BCUT2D eigenvalue weighted by Gasteiger charge is -2.17. The Bertz CT molecular complexity index is 612. The standard InChI is InChI=1S/C17H17BrFNO/c1-2-16(12-7-9-14(18)10-8-12)20-17(21)11-13-5-3-4-6-15(13)19/h3-10,16H,2,11H2,1H3,(H,20,21)/t16-/m0/s1. The van der Waals surface area contributed by atoms with Gasteiger partial charge in [0.15, 0.2) is 0 Å².